The molecular weight excluding hydrogens is 393 g/mol. The van der Waals surface area contributed by atoms with E-state index < -0.39 is 10.0 Å². The van der Waals surface area contributed by atoms with Crippen molar-refractivity contribution >= 4 is 49.2 Å². The highest BCUT2D eigenvalue weighted by Crippen LogP contribution is 2.34. The van der Waals surface area contributed by atoms with Crippen molar-refractivity contribution in [1.82, 2.24) is 4.31 Å². The van der Waals surface area contributed by atoms with Crippen LogP contribution >= 0.6 is 39.1 Å². The number of halogens is 3. The number of methoxy groups -OCH3 is 1. The molecule has 5 nitrogen and oxygen atoms in total. The standard InChI is InChI=1S/C11H14BrCl2NO4S/c1-19-5-3-15(2-4-16)20(17,18)11-9(13)6-8(12)7-10(11)14/h6-7,16H,2-5H2,1H3. The second-order valence-electron chi connectivity index (χ2n) is 3.82. The molecule has 0 amide bonds. The SMILES string of the molecule is COCCN(CCO)S(=O)(=O)c1c(Cl)cc(Br)cc1Cl. The van der Waals surface area contributed by atoms with E-state index in [-0.39, 0.29) is 41.2 Å². The Balaban J connectivity index is 3.26. The van der Waals surface area contributed by atoms with Gasteiger partial charge < -0.3 is 9.84 Å². The number of hydrogen-bond donors (Lipinski definition) is 1. The van der Waals surface area contributed by atoms with Gasteiger partial charge in [-0.1, -0.05) is 39.1 Å². The molecule has 20 heavy (non-hydrogen) atoms. The normalized spacial score (nSPS) is 12.1. The third-order valence-electron chi connectivity index (χ3n) is 2.46. The van der Waals surface area contributed by atoms with Crippen LogP contribution in [0.2, 0.25) is 10.0 Å². The molecule has 0 unspecified atom stereocenters. The first kappa shape index (κ1) is 18.2. The van der Waals surface area contributed by atoms with Gasteiger partial charge in [0.2, 0.25) is 10.0 Å². The Morgan fingerprint density at radius 3 is 2.30 bits per heavy atom. The van der Waals surface area contributed by atoms with Gasteiger partial charge in [0.15, 0.2) is 0 Å². The van der Waals surface area contributed by atoms with Gasteiger partial charge in [0.05, 0.1) is 23.3 Å². The van der Waals surface area contributed by atoms with Gasteiger partial charge in [0, 0.05) is 24.7 Å². The molecule has 0 saturated heterocycles. The highest BCUT2D eigenvalue weighted by atomic mass is 79.9. The van der Waals surface area contributed by atoms with Crippen molar-refractivity contribution in [2.45, 2.75) is 4.90 Å². The number of ether oxygens (including phenoxy) is 1. The van der Waals surface area contributed by atoms with Crippen LogP contribution in [0.5, 0.6) is 0 Å². The first-order valence-corrected chi connectivity index (χ1v) is 8.58. The highest BCUT2D eigenvalue weighted by molar-refractivity contribution is 9.10. The lowest BCUT2D eigenvalue weighted by Crippen LogP contribution is -2.36. The highest BCUT2D eigenvalue weighted by Gasteiger charge is 2.29. The van der Waals surface area contributed by atoms with Crippen molar-refractivity contribution < 1.29 is 18.3 Å². The van der Waals surface area contributed by atoms with Crippen LogP contribution in [-0.2, 0) is 14.8 Å². The molecule has 1 aromatic carbocycles. The molecule has 114 valence electrons. The van der Waals surface area contributed by atoms with Crippen molar-refractivity contribution in [3.8, 4) is 0 Å². The van der Waals surface area contributed by atoms with E-state index in [9.17, 15) is 8.42 Å². The minimum absolute atomic E-state index is 0.0183. The fourth-order valence-corrected chi connectivity index (χ4v) is 4.86. The lowest BCUT2D eigenvalue weighted by Gasteiger charge is -2.22. The number of benzene rings is 1. The molecule has 0 aliphatic rings. The van der Waals surface area contributed by atoms with Crippen LogP contribution in [0.3, 0.4) is 0 Å². The van der Waals surface area contributed by atoms with E-state index in [0.29, 0.717) is 4.47 Å². The van der Waals surface area contributed by atoms with Gasteiger partial charge in [-0.25, -0.2) is 8.42 Å². The van der Waals surface area contributed by atoms with Crippen molar-refractivity contribution in [2.24, 2.45) is 0 Å². The summed E-state index contributed by atoms with van der Waals surface area (Å²) < 4.78 is 31.6. The Morgan fingerprint density at radius 1 is 1.30 bits per heavy atom. The minimum Gasteiger partial charge on any atom is -0.395 e. The maximum Gasteiger partial charge on any atom is 0.246 e. The van der Waals surface area contributed by atoms with E-state index in [0.717, 1.165) is 4.31 Å². The molecular formula is C11H14BrCl2NO4S. The molecule has 9 heteroatoms. The van der Waals surface area contributed by atoms with E-state index in [1.165, 1.54) is 19.2 Å². The van der Waals surface area contributed by atoms with Gasteiger partial charge in [-0.15, -0.1) is 0 Å². The van der Waals surface area contributed by atoms with Gasteiger partial charge in [0.1, 0.15) is 4.90 Å². The Bertz CT molecular complexity index is 545. The van der Waals surface area contributed by atoms with Crippen LogP contribution in [0.1, 0.15) is 0 Å². The zero-order valence-corrected chi connectivity index (χ0v) is 14.6. The fourth-order valence-electron chi connectivity index (χ4n) is 1.56. The Hall–Kier alpha value is 0.110. The summed E-state index contributed by atoms with van der Waals surface area (Å²) in [6, 6.07) is 2.90. The summed E-state index contributed by atoms with van der Waals surface area (Å²) in [4.78, 5) is -0.173. The maximum atomic E-state index is 12.6. The third kappa shape index (κ3) is 4.30. The molecule has 1 N–H and O–H groups in total. The van der Waals surface area contributed by atoms with E-state index in [2.05, 4.69) is 15.9 Å². The Morgan fingerprint density at radius 2 is 1.85 bits per heavy atom. The zero-order chi connectivity index (χ0) is 15.3. The zero-order valence-electron chi connectivity index (χ0n) is 10.6. The molecule has 0 aliphatic carbocycles. The summed E-state index contributed by atoms with van der Waals surface area (Å²) in [7, 11) is -2.44. The summed E-state index contributed by atoms with van der Waals surface area (Å²) in [5.41, 5.74) is 0. The molecule has 0 bridgehead atoms. The lowest BCUT2D eigenvalue weighted by atomic mass is 10.4. The van der Waals surface area contributed by atoms with E-state index in [1.807, 2.05) is 0 Å². The molecule has 0 spiro atoms. The monoisotopic (exact) mass is 405 g/mol. The van der Waals surface area contributed by atoms with Crippen LogP contribution in [0.15, 0.2) is 21.5 Å². The molecule has 1 aromatic rings. The number of sulfonamides is 1. The molecule has 0 aliphatic heterocycles. The van der Waals surface area contributed by atoms with Crippen LogP contribution in [0, 0.1) is 0 Å². The molecule has 0 saturated carbocycles. The van der Waals surface area contributed by atoms with Crippen molar-refractivity contribution in [3.63, 3.8) is 0 Å². The first-order chi connectivity index (χ1) is 9.34. The van der Waals surface area contributed by atoms with Gasteiger partial charge >= 0.3 is 0 Å². The summed E-state index contributed by atoms with van der Waals surface area (Å²) in [6.07, 6.45) is 0. The Kier molecular flexibility index (Phi) is 7.20. The van der Waals surface area contributed by atoms with Crippen LogP contribution in [0.4, 0.5) is 0 Å². The smallest absolute Gasteiger partial charge is 0.246 e. The second-order valence-corrected chi connectivity index (χ2v) is 7.42. The number of aliphatic hydroxyl groups is 1. The van der Waals surface area contributed by atoms with Crippen LogP contribution in [-0.4, -0.2) is 51.2 Å². The topological polar surface area (TPSA) is 66.8 Å². The number of rotatable bonds is 7. The lowest BCUT2D eigenvalue weighted by molar-refractivity contribution is 0.168. The average molecular weight is 407 g/mol. The number of hydrogen-bond acceptors (Lipinski definition) is 4. The van der Waals surface area contributed by atoms with Gasteiger partial charge in [-0.05, 0) is 12.1 Å². The van der Waals surface area contributed by atoms with Crippen LogP contribution < -0.4 is 0 Å². The maximum absolute atomic E-state index is 12.6. The molecule has 0 radical (unpaired) electrons. The van der Waals surface area contributed by atoms with E-state index in [1.54, 1.807) is 0 Å². The quantitative estimate of drug-likeness (QED) is 0.754. The summed E-state index contributed by atoms with van der Waals surface area (Å²) in [5.74, 6) is 0. The van der Waals surface area contributed by atoms with Crippen molar-refractivity contribution in [3.05, 3.63) is 26.7 Å². The minimum atomic E-state index is -3.90. The predicted molar refractivity (Wildman–Crippen MR) is 81.9 cm³/mol. The largest absolute Gasteiger partial charge is 0.395 e. The first-order valence-electron chi connectivity index (χ1n) is 5.59. The Labute approximate surface area is 136 Å². The summed E-state index contributed by atoms with van der Waals surface area (Å²) >= 11 is 15.2. The molecule has 0 atom stereocenters. The van der Waals surface area contributed by atoms with Crippen molar-refractivity contribution in [2.75, 3.05) is 33.4 Å². The van der Waals surface area contributed by atoms with Gasteiger partial charge in [-0.3, -0.25) is 0 Å². The second kappa shape index (κ2) is 7.93. The predicted octanol–water partition coefficient (Wildman–Crippen LogP) is 2.39. The molecule has 0 aromatic heterocycles. The fraction of sp³-hybridized carbons (Fsp3) is 0.455. The van der Waals surface area contributed by atoms with Gasteiger partial charge in [-0.2, -0.15) is 4.31 Å². The van der Waals surface area contributed by atoms with Crippen molar-refractivity contribution in [1.29, 1.82) is 0 Å². The summed E-state index contributed by atoms with van der Waals surface area (Å²) in [6.45, 7) is -0.0732. The molecule has 0 fully saturated rings. The van der Waals surface area contributed by atoms with Gasteiger partial charge in [0.25, 0.3) is 0 Å². The average Bonchev–Trinajstić information content (AvgIpc) is 2.32. The molecule has 0 heterocycles. The third-order valence-corrected chi connectivity index (χ3v) is 5.73. The number of nitrogens with zero attached hydrogens (tertiary/aromatic N) is 1. The molecule has 1 rings (SSSR count). The van der Waals surface area contributed by atoms with Crippen LogP contribution in [0.25, 0.3) is 0 Å². The number of aliphatic hydroxyl groups excluding tert-OH is 1. The van der Waals surface area contributed by atoms with E-state index in [4.69, 9.17) is 33.0 Å². The summed E-state index contributed by atoms with van der Waals surface area (Å²) in [5, 5.41) is 9.05. The van der Waals surface area contributed by atoms with E-state index >= 15 is 0 Å².